The van der Waals surface area contributed by atoms with Gasteiger partial charge in [0.05, 0.1) is 6.61 Å². The maximum Gasteiger partial charge on any atom is 0.155 e. The van der Waals surface area contributed by atoms with Gasteiger partial charge >= 0.3 is 0 Å². The average molecular weight is 294 g/mol. The van der Waals surface area contributed by atoms with E-state index >= 15 is 0 Å². The number of rotatable bonds is 5. The lowest BCUT2D eigenvalue weighted by molar-refractivity contribution is 0.0836. The van der Waals surface area contributed by atoms with E-state index in [1.807, 2.05) is 0 Å². The van der Waals surface area contributed by atoms with E-state index in [1.165, 1.54) is 12.8 Å². The first-order chi connectivity index (χ1) is 10.4. The Bertz CT molecular complexity index is 431. The predicted octanol–water partition coefficient (Wildman–Crippen LogP) is 1.52. The summed E-state index contributed by atoms with van der Waals surface area (Å²) in [5, 5.41) is 7.67. The number of ether oxygens (including phenoxy) is 2. The number of methoxy groups -OCH3 is 1. The molecule has 1 unspecified atom stereocenters. The molecule has 1 N–H and O–H groups in total. The molecule has 2 aliphatic rings. The van der Waals surface area contributed by atoms with Gasteiger partial charge in [0.15, 0.2) is 5.82 Å². The number of nitrogens with zero attached hydrogens (tertiary/aromatic N) is 3. The molecule has 1 aromatic heterocycles. The first-order valence-electron chi connectivity index (χ1n) is 8.08. The second-order valence-electron chi connectivity index (χ2n) is 6.10. The lowest BCUT2D eigenvalue weighted by Gasteiger charge is -2.31. The Hall–Kier alpha value is -0.980. The predicted molar refractivity (Wildman–Crippen MR) is 79.5 cm³/mol. The molecular weight excluding hydrogens is 268 g/mol. The molecule has 0 aromatic carbocycles. The molecule has 2 aliphatic heterocycles. The summed E-state index contributed by atoms with van der Waals surface area (Å²) < 4.78 is 10.6. The van der Waals surface area contributed by atoms with Crippen LogP contribution in [0.1, 0.15) is 49.2 Å². The normalized spacial score (nSPS) is 25.3. The zero-order valence-electron chi connectivity index (χ0n) is 12.9. The van der Waals surface area contributed by atoms with Crippen LogP contribution in [0, 0.1) is 0 Å². The topological polar surface area (TPSA) is 63.3 Å². The number of hydrogen-bond acceptors (Lipinski definition) is 5. The van der Waals surface area contributed by atoms with Crippen molar-refractivity contribution in [2.24, 2.45) is 0 Å². The average Bonchev–Trinajstić information content (AvgIpc) is 3.04. The highest BCUT2D eigenvalue weighted by molar-refractivity contribution is 5.04. The summed E-state index contributed by atoms with van der Waals surface area (Å²) in [6.07, 6.45) is 4.52. The molecule has 2 saturated heterocycles. The minimum Gasteiger partial charge on any atom is -0.383 e. The van der Waals surface area contributed by atoms with E-state index in [0.717, 1.165) is 63.9 Å². The fraction of sp³-hybridized carbons (Fsp3) is 0.867. The Kier molecular flexibility index (Phi) is 5.22. The monoisotopic (exact) mass is 294 g/mol. The van der Waals surface area contributed by atoms with Gasteiger partial charge in [0.25, 0.3) is 0 Å². The summed E-state index contributed by atoms with van der Waals surface area (Å²) in [4.78, 5) is 7.25. The van der Waals surface area contributed by atoms with Gasteiger partial charge in [-0.1, -0.05) is 0 Å². The summed E-state index contributed by atoms with van der Waals surface area (Å²) in [6, 6.07) is 0. The highest BCUT2D eigenvalue weighted by Crippen LogP contribution is 2.28. The maximum atomic E-state index is 5.42. The smallest absolute Gasteiger partial charge is 0.155 e. The number of nitrogens with one attached hydrogen (secondary N) is 1. The van der Waals surface area contributed by atoms with Gasteiger partial charge in [0.2, 0.25) is 0 Å². The molecule has 0 saturated carbocycles. The Labute approximate surface area is 126 Å². The number of H-pyrrole nitrogens is 1. The molecule has 0 radical (unpaired) electrons. The zero-order chi connectivity index (χ0) is 14.5. The van der Waals surface area contributed by atoms with Gasteiger partial charge in [-0.15, -0.1) is 0 Å². The molecule has 1 aromatic rings. The Balaban J connectivity index is 1.59. The minimum absolute atomic E-state index is 0.459. The molecule has 3 rings (SSSR count). The van der Waals surface area contributed by atoms with Crippen LogP contribution < -0.4 is 0 Å². The molecule has 21 heavy (non-hydrogen) atoms. The Morgan fingerprint density at radius 3 is 2.95 bits per heavy atom. The van der Waals surface area contributed by atoms with Crippen molar-refractivity contribution in [2.75, 3.05) is 46.6 Å². The van der Waals surface area contributed by atoms with Crippen LogP contribution in [0.2, 0.25) is 0 Å². The highest BCUT2D eigenvalue weighted by atomic mass is 16.5. The van der Waals surface area contributed by atoms with Crippen molar-refractivity contribution in [1.29, 1.82) is 0 Å². The first kappa shape index (κ1) is 14.9. The van der Waals surface area contributed by atoms with E-state index in [9.17, 15) is 0 Å². The summed E-state index contributed by atoms with van der Waals surface area (Å²) >= 11 is 0. The van der Waals surface area contributed by atoms with Crippen molar-refractivity contribution >= 4 is 0 Å². The fourth-order valence-electron chi connectivity index (χ4n) is 3.31. The summed E-state index contributed by atoms with van der Waals surface area (Å²) in [5.41, 5.74) is 0. The molecular formula is C15H26N4O2. The molecule has 6 nitrogen and oxygen atoms in total. The number of likely N-dealkylation sites (tertiary alicyclic amines) is 1. The number of piperidine rings is 1. The second kappa shape index (κ2) is 7.33. The molecule has 0 aliphatic carbocycles. The molecule has 0 bridgehead atoms. The Morgan fingerprint density at radius 1 is 1.29 bits per heavy atom. The molecule has 1 atom stereocenters. The van der Waals surface area contributed by atoms with Crippen LogP contribution in [0.5, 0.6) is 0 Å². The quantitative estimate of drug-likeness (QED) is 0.892. The van der Waals surface area contributed by atoms with Crippen LogP contribution in [-0.2, 0) is 9.47 Å². The van der Waals surface area contributed by atoms with E-state index in [0.29, 0.717) is 11.8 Å². The third kappa shape index (κ3) is 3.81. The van der Waals surface area contributed by atoms with Crippen molar-refractivity contribution in [3.05, 3.63) is 11.6 Å². The maximum absolute atomic E-state index is 5.42. The van der Waals surface area contributed by atoms with Crippen molar-refractivity contribution in [3.63, 3.8) is 0 Å². The third-order valence-corrected chi connectivity index (χ3v) is 4.61. The fourth-order valence-corrected chi connectivity index (χ4v) is 3.31. The number of aromatic amines is 1. The molecule has 6 heteroatoms. The van der Waals surface area contributed by atoms with Crippen molar-refractivity contribution in [3.8, 4) is 0 Å². The first-order valence-corrected chi connectivity index (χ1v) is 8.08. The van der Waals surface area contributed by atoms with Crippen LogP contribution in [0.4, 0.5) is 0 Å². The van der Waals surface area contributed by atoms with Gasteiger partial charge in [0.1, 0.15) is 5.82 Å². The van der Waals surface area contributed by atoms with Gasteiger partial charge in [-0.2, -0.15) is 5.10 Å². The zero-order valence-corrected chi connectivity index (χ0v) is 12.9. The van der Waals surface area contributed by atoms with Gasteiger partial charge in [-0.05, 0) is 32.2 Å². The van der Waals surface area contributed by atoms with Crippen LogP contribution >= 0.6 is 0 Å². The van der Waals surface area contributed by atoms with E-state index < -0.39 is 0 Å². The third-order valence-electron chi connectivity index (χ3n) is 4.61. The van der Waals surface area contributed by atoms with Crippen LogP contribution in [-0.4, -0.2) is 66.6 Å². The van der Waals surface area contributed by atoms with Crippen LogP contribution in [0.3, 0.4) is 0 Å². The van der Waals surface area contributed by atoms with Gasteiger partial charge < -0.3 is 14.4 Å². The Morgan fingerprint density at radius 2 is 2.14 bits per heavy atom. The molecule has 118 valence electrons. The highest BCUT2D eigenvalue weighted by Gasteiger charge is 2.26. The second-order valence-corrected chi connectivity index (χ2v) is 6.10. The molecule has 2 fully saturated rings. The van der Waals surface area contributed by atoms with Gasteiger partial charge in [-0.25, -0.2) is 4.98 Å². The van der Waals surface area contributed by atoms with E-state index in [2.05, 4.69) is 15.1 Å². The molecule has 3 heterocycles. The van der Waals surface area contributed by atoms with E-state index in [-0.39, 0.29) is 0 Å². The van der Waals surface area contributed by atoms with Crippen molar-refractivity contribution in [2.45, 2.75) is 37.5 Å². The number of aromatic nitrogens is 3. The lowest BCUT2D eigenvalue weighted by atomic mass is 9.97. The van der Waals surface area contributed by atoms with E-state index in [4.69, 9.17) is 14.5 Å². The molecule has 0 amide bonds. The SMILES string of the molecule is COCCN1CCCC(c2n[nH]c(C3CCOCC3)n2)C1. The number of hydrogen-bond donors (Lipinski definition) is 1. The summed E-state index contributed by atoms with van der Waals surface area (Å²) in [5.74, 6) is 3.01. The summed E-state index contributed by atoms with van der Waals surface area (Å²) in [7, 11) is 1.76. The van der Waals surface area contributed by atoms with Gasteiger partial charge in [-0.3, -0.25) is 5.10 Å². The standard InChI is InChI=1S/C15H26N4O2/c1-20-10-7-19-6-2-3-13(11-19)15-16-14(17-18-15)12-4-8-21-9-5-12/h12-13H,2-11H2,1H3,(H,16,17,18). The summed E-state index contributed by atoms with van der Waals surface area (Å²) in [6.45, 7) is 5.70. The van der Waals surface area contributed by atoms with Crippen molar-refractivity contribution in [1.82, 2.24) is 20.1 Å². The van der Waals surface area contributed by atoms with Crippen molar-refractivity contribution < 1.29 is 9.47 Å². The van der Waals surface area contributed by atoms with Crippen LogP contribution in [0.15, 0.2) is 0 Å². The van der Waals surface area contributed by atoms with Gasteiger partial charge in [0, 0.05) is 45.2 Å². The minimum atomic E-state index is 0.459. The van der Waals surface area contributed by atoms with Crippen LogP contribution in [0.25, 0.3) is 0 Å². The largest absolute Gasteiger partial charge is 0.383 e. The molecule has 0 spiro atoms. The lowest BCUT2D eigenvalue weighted by Crippen LogP contribution is -2.36. The van der Waals surface area contributed by atoms with E-state index in [1.54, 1.807) is 7.11 Å².